The smallest absolute Gasteiger partial charge is 0.329 e. The van der Waals surface area contributed by atoms with Gasteiger partial charge in [-0.05, 0) is 19.3 Å². The fourth-order valence-corrected chi connectivity index (χ4v) is 1.03. The van der Waals surface area contributed by atoms with E-state index < -0.39 is 0 Å². The number of hydrogen-bond donors (Lipinski definition) is 3. The Hall–Kier alpha value is -0.770. The molecule has 4 nitrogen and oxygen atoms in total. The van der Waals surface area contributed by atoms with E-state index in [4.69, 9.17) is 5.84 Å². The SMILES string of the molecule is CC(C)CC(C)NC(=O)NN. The maximum absolute atomic E-state index is 10.7. The van der Waals surface area contributed by atoms with Gasteiger partial charge in [0.05, 0.1) is 0 Å². The summed E-state index contributed by atoms with van der Waals surface area (Å²) in [5.74, 6) is 5.48. The van der Waals surface area contributed by atoms with Crippen LogP contribution in [-0.2, 0) is 0 Å². The van der Waals surface area contributed by atoms with Gasteiger partial charge in [0.25, 0.3) is 0 Å². The number of carbonyl (C=O) groups excluding carboxylic acids is 1. The lowest BCUT2D eigenvalue weighted by molar-refractivity contribution is 0.236. The number of hydrazine groups is 1. The van der Waals surface area contributed by atoms with Crippen molar-refractivity contribution in [3.05, 3.63) is 0 Å². The highest BCUT2D eigenvalue weighted by molar-refractivity contribution is 5.73. The van der Waals surface area contributed by atoms with E-state index in [0.29, 0.717) is 5.92 Å². The standard InChI is InChI=1S/C7H17N3O/c1-5(2)4-6(3)9-7(11)10-8/h5-6H,4,8H2,1-3H3,(H2,9,10,11). The molecule has 0 aliphatic carbocycles. The Balaban J connectivity index is 3.51. The van der Waals surface area contributed by atoms with Crippen molar-refractivity contribution < 1.29 is 4.79 Å². The maximum Gasteiger partial charge on any atom is 0.329 e. The third-order valence-corrected chi connectivity index (χ3v) is 1.33. The minimum absolute atomic E-state index is 0.179. The van der Waals surface area contributed by atoms with Crippen molar-refractivity contribution >= 4 is 6.03 Å². The van der Waals surface area contributed by atoms with E-state index in [9.17, 15) is 4.79 Å². The second-order valence-electron chi connectivity index (χ2n) is 3.15. The van der Waals surface area contributed by atoms with Crippen LogP contribution in [-0.4, -0.2) is 12.1 Å². The van der Waals surface area contributed by atoms with Gasteiger partial charge in [0.15, 0.2) is 0 Å². The summed E-state index contributed by atoms with van der Waals surface area (Å²) in [5, 5.41) is 2.69. The number of hydrogen-bond acceptors (Lipinski definition) is 2. The molecule has 0 heterocycles. The topological polar surface area (TPSA) is 67.2 Å². The van der Waals surface area contributed by atoms with Crippen molar-refractivity contribution in [3.63, 3.8) is 0 Å². The van der Waals surface area contributed by atoms with Crippen molar-refractivity contribution in [2.75, 3.05) is 0 Å². The molecule has 66 valence electrons. The number of nitrogens with two attached hydrogens (primary N) is 1. The lowest BCUT2D eigenvalue weighted by Gasteiger charge is -2.14. The molecule has 2 amide bonds. The lowest BCUT2D eigenvalue weighted by Crippen LogP contribution is -2.44. The summed E-state index contributed by atoms with van der Waals surface area (Å²) in [6.07, 6.45) is 0.966. The van der Waals surface area contributed by atoms with Crippen LogP contribution in [0.25, 0.3) is 0 Å². The Morgan fingerprint density at radius 3 is 2.36 bits per heavy atom. The maximum atomic E-state index is 10.7. The second-order valence-corrected chi connectivity index (χ2v) is 3.15. The van der Waals surface area contributed by atoms with Crippen LogP contribution in [0.4, 0.5) is 4.79 Å². The summed E-state index contributed by atoms with van der Waals surface area (Å²) in [5.41, 5.74) is 2.02. The molecule has 11 heavy (non-hydrogen) atoms. The molecule has 0 aliphatic heterocycles. The molecular weight excluding hydrogens is 142 g/mol. The Morgan fingerprint density at radius 1 is 1.45 bits per heavy atom. The molecule has 0 aromatic heterocycles. The molecule has 0 rings (SSSR count). The Labute approximate surface area is 67.5 Å². The number of nitrogens with one attached hydrogen (secondary N) is 2. The normalized spacial score (nSPS) is 12.8. The fraction of sp³-hybridized carbons (Fsp3) is 0.857. The number of amides is 2. The average Bonchev–Trinajstić information content (AvgIpc) is 1.85. The van der Waals surface area contributed by atoms with Gasteiger partial charge in [0, 0.05) is 6.04 Å². The van der Waals surface area contributed by atoms with Gasteiger partial charge >= 0.3 is 6.03 Å². The number of carbonyl (C=O) groups is 1. The van der Waals surface area contributed by atoms with Crippen LogP contribution in [0, 0.1) is 5.92 Å². The van der Waals surface area contributed by atoms with E-state index in [1.807, 2.05) is 12.3 Å². The molecule has 0 aliphatic rings. The zero-order valence-electron chi connectivity index (χ0n) is 7.35. The van der Waals surface area contributed by atoms with Gasteiger partial charge in [-0.1, -0.05) is 13.8 Å². The third kappa shape index (κ3) is 5.66. The lowest BCUT2D eigenvalue weighted by atomic mass is 10.1. The predicted molar refractivity (Wildman–Crippen MR) is 44.8 cm³/mol. The average molecular weight is 159 g/mol. The molecule has 4 heteroatoms. The number of rotatable bonds is 3. The molecule has 0 saturated carbocycles. The second kappa shape index (κ2) is 4.96. The first-order chi connectivity index (χ1) is 5.06. The Bertz CT molecular complexity index is 125. The first-order valence-electron chi connectivity index (χ1n) is 3.83. The summed E-state index contributed by atoms with van der Waals surface area (Å²) in [7, 11) is 0. The van der Waals surface area contributed by atoms with E-state index in [2.05, 4.69) is 19.2 Å². The van der Waals surface area contributed by atoms with Gasteiger partial charge in [-0.15, -0.1) is 0 Å². The van der Waals surface area contributed by atoms with Crippen molar-refractivity contribution in [2.45, 2.75) is 33.2 Å². The van der Waals surface area contributed by atoms with Crippen LogP contribution in [0.15, 0.2) is 0 Å². The van der Waals surface area contributed by atoms with Crippen LogP contribution in [0.2, 0.25) is 0 Å². The highest BCUT2D eigenvalue weighted by Crippen LogP contribution is 2.02. The van der Waals surface area contributed by atoms with E-state index >= 15 is 0 Å². The molecule has 0 saturated heterocycles. The highest BCUT2D eigenvalue weighted by atomic mass is 16.2. The van der Waals surface area contributed by atoms with Crippen LogP contribution in [0.3, 0.4) is 0 Å². The minimum Gasteiger partial charge on any atom is -0.335 e. The zero-order chi connectivity index (χ0) is 8.85. The molecule has 0 spiro atoms. The van der Waals surface area contributed by atoms with E-state index in [0.717, 1.165) is 6.42 Å². The van der Waals surface area contributed by atoms with Crippen LogP contribution in [0.1, 0.15) is 27.2 Å². The summed E-state index contributed by atoms with van der Waals surface area (Å²) in [4.78, 5) is 10.7. The molecule has 1 unspecified atom stereocenters. The van der Waals surface area contributed by atoms with Gasteiger partial charge in [0.2, 0.25) is 0 Å². The third-order valence-electron chi connectivity index (χ3n) is 1.33. The van der Waals surface area contributed by atoms with Gasteiger partial charge in [-0.2, -0.15) is 0 Å². The molecule has 0 bridgehead atoms. The summed E-state index contributed by atoms with van der Waals surface area (Å²) in [6, 6.07) is -0.142. The van der Waals surface area contributed by atoms with Crippen molar-refractivity contribution in [2.24, 2.45) is 11.8 Å². The quantitative estimate of drug-likeness (QED) is 0.320. The zero-order valence-corrected chi connectivity index (χ0v) is 7.35. The predicted octanol–water partition coefficient (Wildman–Crippen LogP) is 0.594. The molecule has 1 atom stereocenters. The molecular formula is C7H17N3O. The first-order valence-corrected chi connectivity index (χ1v) is 3.83. The first kappa shape index (κ1) is 10.2. The van der Waals surface area contributed by atoms with Crippen LogP contribution < -0.4 is 16.6 Å². The van der Waals surface area contributed by atoms with Crippen LogP contribution in [0.5, 0.6) is 0 Å². The van der Waals surface area contributed by atoms with Crippen molar-refractivity contribution in [1.82, 2.24) is 10.7 Å². The largest absolute Gasteiger partial charge is 0.335 e. The molecule has 0 fully saturated rings. The number of urea groups is 1. The van der Waals surface area contributed by atoms with E-state index in [1.54, 1.807) is 0 Å². The molecule has 0 radical (unpaired) electrons. The molecule has 0 aromatic rings. The highest BCUT2D eigenvalue weighted by Gasteiger charge is 2.06. The van der Waals surface area contributed by atoms with E-state index in [1.165, 1.54) is 0 Å². The van der Waals surface area contributed by atoms with Gasteiger partial charge in [-0.25, -0.2) is 10.6 Å². The van der Waals surface area contributed by atoms with Gasteiger partial charge in [-0.3, -0.25) is 5.43 Å². The van der Waals surface area contributed by atoms with Gasteiger partial charge in [0.1, 0.15) is 0 Å². The Kier molecular flexibility index (Phi) is 4.61. The van der Waals surface area contributed by atoms with Gasteiger partial charge < -0.3 is 5.32 Å². The summed E-state index contributed by atoms with van der Waals surface area (Å²) < 4.78 is 0. The Morgan fingerprint density at radius 2 is 2.00 bits per heavy atom. The monoisotopic (exact) mass is 159 g/mol. The fourth-order valence-electron chi connectivity index (χ4n) is 1.03. The minimum atomic E-state index is -0.321. The van der Waals surface area contributed by atoms with E-state index in [-0.39, 0.29) is 12.1 Å². The summed E-state index contributed by atoms with van der Waals surface area (Å²) >= 11 is 0. The van der Waals surface area contributed by atoms with Crippen molar-refractivity contribution in [3.8, 4) is 0 Å². The molecule has 0 aromatic carbocycles. The molecule has 4 N–H and O–H groups in total. The van der Waals surface area contributed by atoms with Crippen molar-refractivity contribution in [1.29, 1.82) is 0 Å². The summed E-state index contributed by atoms with van der Waals surface area (Å²) in [6.45, 7) is 6.17. The van der Waals surface area contributed by atoms with Crippen LogP contribution >= 0.6 is 0 Å².